The van der Waals surface area contributed by atoms with Gasteiger partial charge in [-0.1, -0.05) is 13.0 Å². The number of rotatable bonds is 2. The van der Waals surface area contributed by atoms with Gasteiger partial charge in [0.15, 0.2) is 0 Å². The van der Waals surface area contributed by atoms with Gasteiger partial charge < -0.3 is 0 Å². The lowest BCUT2D eigenvalue weighted by molar-refractivity contribution is 0.117. The Labute approximate surface area is 111 Å². The molecule has 0 radical (unpaired) electrons. The summed E-state index contributed by atoms with van der Waals surface area (Å²) in [5.41, 5.74) is 1.18. The van der Waals surface area contributed by atoms with Gasteiger partial charge in [0.1, 0.15) is 5.82 Å². The van der Waals surface area contributed by atoms with Crippen molar-refractivity contribution < 1.29 is 4.39 Å². The topological polar surface area (TPSA) is 3.24 Å². The molecular weight excluding hydrogens is 281 g/mol. The van der Waals surface area contributed by atoms with E-state index >= 15 is 0 Å². The number of nitrogens with zero attached hydrogens (tertiary/aromatic N) is 1. The highest BCUT2D eigenvalue weighted by Gasteiger charge is 2.22. The largest absolute Gasteiger partial charge is 0.296 e. The Kier molecular flexibility index (Phi) is 4.21. The SMILES string of the molecule is CC1CCC(C)N(Cc2ccc(F)c(Br)c2)C1. The van der Waals surface area contributed by atoms with E-state index in [1.54, 1.807) is 0 Å². The summed E-state index contributed by atoms with van der Waals surface area (Å²) in [5, 5.41) is 0. The van der Waals surface area contributed by atoms with Gasteiger partial charge in [-0.3, -0.25) is 4.90 Å². The summed E-state index contributed by atoms with van der Waals surface area (Å²) in [6.07, 6.45) is 2.59. The Bertz CT molecular complexity index is 394. The fourth-order valence-electron chi connectivity index (χ4n) is 2.47. The van der Waals surface area contributed by atoms with E-state index in [9.17, 15) is 4.39 Å². The van der Waals surface area contributed by atoms with E-state index < -0.39 is 0 Å². The van der Waals surface area contributed by atoms with E-state index in [1.807, 2.05) is 12.1 Å². The summed E-state index contributed by atoms with van der Waals surface area (Å²) in [4.78, 5) is 2.49. The maximum Gasteiger partial charge on any atom is 0.137 e. The van der Waals surface area contributed by atoms with Crippen molar-refractivity contribution >= 4 is 15.9 Å². The molecule has 1 aliphatic heterocycles. The summed E-state index contributed by atoms with van der Waals surface area (Å²) in [5.74, 6) is 0.587. The Morgan fingerprint density at radius 2 is 2.12 bits per heavy atom. The summed E-state index contributed by atoms with van der Waals surface area (Å²) >= 11 is 3.24. The second kappa shape index (κ2) is 5.49. The Morgan fingerprint density at radius 3 is 2.82 bits per heavy atom. The minimum atomic E-state index is -0.186. The molecule has 2 rings (SSSR count). The van der Waals surface area contributed by atoms with Gasteiger partial charge in [0.2, 0.25) is 0 Å². The Hall–Kier alpha value is -0.410. The van der Waals surface area contributed by atoms with E-state index in [4.69, 9.17) is 0 Å². The molecule has 3 heteroatoms. The van der Waals surface area contributed by atoms with Gasteiger partial charge in [0.25, 0.3) is 0 Å². The molecule has 0 saturated carbocycles. The Balaban J connectivity index is 2.06. The molecule has 1 heterocycles. The molecule has 0 N–H and O–H groups in total. The van der Waals surface area contributed by atoms with Gasteiger partial charge in [-0.15, -0.1) is 0 Å². The first-order valence-corrected chi connectivity index (χ1v) is 7.03. The second-order valence-corrected chi connectivity index (χ2v) is 6.06. The van der Waals surface area contributed by atoms with Crippen LogP contribution in [0.4, 0.5) is 4.39 Å². The van der Waals surface area contributed by atoms with Gasteiger partial charge in [-0.2, -0.15) is 0 Å². The number of hydrogen-bond donors (Lipinski definition) is 0. The van der Waals surface area contributed by atoms with Crippen molar-refractivity contribution in [3.63, 3.8) is 0 Å². The fraction of sp³-hybridized carbons (Fsp3) is 0.571. The maximum atomic E-state index is 13.2. The first-order chi connectivity index (χ1) is 8.06. The molecule has 0 aliphatic carbocycles. The van der Waals surface area contributed by atoms with E-state index in [1.165, 1.54) is 24.5 Å². The van der Waals surface area contributed by atoms with Crippen LogP contribution in [0.15, 0.2) is 22.7 Å². The van der Waals surface area contributed by atoms with Gasteiger partial charge in [-0.05, 0) is 59.3 Å². The number of hydrogen-bond acceptors (Lipinski definition) is 1. The van der Waals surface area contributed by atoms with E-state index in [0.29, 0.717) is 10.5 Å². The quantitative estimate of drug-likeness (QED) is 0.791. The number of benzene rings is 1. The van der Waals surface area contributed by atoms with Crippen molar-refractivity contribution in [1.82, 2.24) is 4.90 Å². The summed E-state index contributed by atoms with van der Waals surface area (Å²) in [6, 6.07) is 5.94. The van der Waals surface area contributed by atoms with E-state index in [2.05, 4.69) is 34.7 Å². The number of likely N-dealkylation sites (tertiary alicyclic amines) is 1. The zero-order valence-electron chi connectivity index (χ0n) is 10.4. The molecule has 17 heavy (non-hydrogen) atoms. The highest BCUT2D eigenvalue weighted by atomic mass is 79.9. The van der Waals surface area contributed by atoms with Crippen LogP contribution >= 0.6 is 15.9 Å². The highest BCUT2D eigenvalue weighted by Crippen LogP contribution is 2.24. The van der Waals surface area contributed by atoms with Crippen LogP contribution in [0.2, 0.25) is 0 Å². The molecule has 0 aromatic heterocycles. The molecule has 1 aromatic rings. The van der Waals surface area contributed by atoms with Crippen LogP contribution in [0, 0.1) is 11.7 Å². The summed E-state index contributed by atoms with van der Waals surface area (Å²) in [7, 11) is 0. The van der Waals surface area contributed by atoms with Crippen molar-refractivity contribution in [3.8, 4) is 0 Å². The highest BCUT2D eigenvalue weighted by molar-refractivity contribution is 9.10. The minimum Gasteiger partial charge on any atom is -0.296 e. The maximum absolute atomic E-state index is 13.2. The fourth-order valence-corrected chi connectivity index (χ4v) is 2.90. The molecule has 0 bridgehead atoms. The number of piperidine rings is 1. The third kappa shape index (κ3) is 3.29. The van der Waals surface area contributed by atoms with Gasteiger partial charge in [0.05, 0.1) is 4.47 Å². The van der Waals surface area contributed by atoms with Crippen LogP contribution in [-0.4, -0.2) is 17.5 Å². The van der Waals surface area contributed by atoms with Gasteiger partial charge in [-0.25, -0.2) is 4.39 Å². The third-order valence-electron chi connectivity index (χ3n) is 3.62. The summed E-state index contributed by atoms with van der Waals surface area (Å²) < 4.78 is 13.7. The van der Waals surface area contributed by atoms with Crippen molar-refractivity contribution in [2.45, 2.75) is 39.3 Å². The van der Waals surface area contributed by atoms with Crippen molar-refractivity contribution in [3.05, 3.63) is 34.1 Å². The monoisotopic (exact) mass is 299 g/mol. The average molecular weight is 300 g/mol. The molecule has 2 unspecified atom stereocenters. The lowest BCUT2D eigenvalue weighted by Crippen LogP contribution is -2.40. The number of halogens is 2. The molecule has 0 amide bonds. The standard InChI is InChI=1S/C14H19BrFN/c1-10-3-4-11(2)17(8-10)9-12-5-6-14(16)13(15)7-12/h5-7,10-11H,3-4,8-9H2,1-2H3. The first-order valence-electron chi connectivity index (χ1n) is 6.24. The van der Waals surface area contributed by atoms with Crippen molar-refractivity contribution in [2.75, 3.05) is 6.54 Å². The smallest absolute Gasteiger partial charge is 0.137 e. The molecular formula is C14H19BrFN. The molecule has 1 fully saturated rings. The molecule has 1 aromatic carbocycles. The van der Waals surface area contributed by atoms with Crippen LogP contribution in [0.5, 0.6) is 0 Å². The zero-order valence-corrected chi connectivity index (χ0v) is 12.0. The average Bonchev–Trinajstić information content (AvgIpc) is 2.29. The van der Waals surface area contributed by atoms with Gasteiger partial charge >= 0.3 is 0 Å². The first kappa shape index (κ1) is 13.0. The lowest BCUT2D eigenvalue weighted by atomic mass is 9.94. The summed E-state index contributed by atoms with van der Waals surface area (Å²) in [6.45, 7) is 6.66. The van der Waals surface area contributed by atoms with E-state index in [-0.39, 0.29) is 5.82 Å². The van der Waals surface area contributed by atoms with Crippen LogP contribution in [0.1, 0.15) is 32.3 Å². The van der Waals surface area contributed by atoms with Crippen molar-refractivity contribution in [2.24, 2.45) is 5.92 Å². The van der Waals surface area contributed by atoms with E-state index in [0.717, 1.165) is 19.0 Å². The van der Waals surface area contributed by atoms with Crippen LogP contribution in [-0.2, 0) is 6.54 Å². The normalized spacial score (nSPS) is 26.1. The molecule has 2 atom stereocenters. The second-order valence-electron chi connectivity index (χ2n) is 5.21. The lowest BCUT2D eigenvalue weighted by Gasteiger charge is -2.36. The molecule has 1 aliphatic rings. The predicted octanol–water partition coefficient (Wildman–Crippen LogP) is 4.21. The molecule has 94 valence electrons. The molecule has 1 saturated heterocycles. The molecule has 1 nitrogen and oxygen atoms in total. The van der Waals surface area contributed by atoms with Crippen LogP contribution in [0.25, 0.3) is 0 Å². The van der Waals surface area contributed by atoms with Crippen molar-refractivity contribution in [1.29, 1.82) is 0 Å². The Morgan fingerprint density at radius 1 is 1.35 bits per heavy atom. The van der Waals surface area contributed by atoms with Crippen LogP contribution in [0.3, 0.4) is 0 Å². The third-order valence-corrected chi connectivity index (χ3v) is 4.22. The van der Waals surface area contributed by atoms with Crippen LogP contribution < -0.4 is 0 Å². The van der Waals surface area contributed by atoms with Gasteiger partial charge in [0, 0.05) is 19.1 Å². The predicted molar refractivity (Wildman–Crippen MR) is 72.4 cm³/mol. The minimum absolute atomic E-state index is 0.186. The molecule has 0 spiro atoms. The zero-order chi connectivity index (χ0) is 12.4.